The summed E-state index contributed by atoms with van der Waals surface area (Å²) in [7, 11) is -1.44. The molecule has 2 aromatic rings. The highest BCUT2D eigenvalue weighted by atomic mass is 16.5. The largest absolute Gasteiger partial charge is 0.489 e. The summed E-state index contributed by atoms with van der Waals surface area (Å²) in [5.74, 6) is 0.788. The number of benzene rings is 2. The molecule has 0 amide bonds. The van der Waals surface area contributed by atoms with Crippen LogP contribution >= 0.6 is 0 Å². The molecule has 0 bridgehead atoms. The normalized spacial score (nSPS) is 10.3. The van der Waals surface area contributed by atoms with Crippen LogP contribution in [0, 0.1) is 0 Å². The number of hydrogen-bond donors (Lipinski definition) is 2. The molecule has 0 aliphatic carbocycles. The minimum absolute atomic E-state index is 0.490. The molecule has 2 N–H and O–H groups in total. The third-order valence-electron chi connectivity index (χ3n) is 3.00. The Hall–Kier alpha value is -1.78. The lowest BCUT2D eigenvalue weighted by Gasteiger charge is -2.12. The fourth-order valence-electron chi connectivity index (χ4n) is 1.91. The summed E-state index contributed by atoms with van der Waals surface area (Å²) in [5, 5.41) is 18.3. The molecule has 2 aromatic carbocycles. The van der Waals surface area contributed by atoms with Crippen LogP contribution < -0.4 is 10.2 Å². The Balaban J connectivity index is 2.12. The summed E-state index contributed by atoms with van der Waals surface area (Å²) in [5.41, 5.74) is 2.57. The highest BCUT2D eigenvalue weighted by Crippen LogP contribution is 2.19. The van der Waals surface area contributed by atoms with Crippen molar-refractivity contribution >= 4 is 12.6 Å². The van der Waals surface area contributed by atoms with Crippen molar-refractivity contribution in [3.63, 3.8) is 0 Å². The summed E-state index contributed by atoms with van der Waals surface area (Å²) in [4.78, 5) is 0. The zero-order valence-electron chi connectivity index (χ0n) is 10.9. The minimum atomic E-state index is -1.44. The topological polar surface area (TPSA) is 49.7 Å². The molecule has 0 fully saturated rings. The van der Waals surface area contributed by atoms with Crippen molar-refractivity contribution in [2.24, 2.45) is 0 Å². The van der Waals surface area contributed by atoms with Crippen LogP contribution in [0.25, 0.3) is 0 Å². The molecule has 2 rings (SSSR count). The van der Waals surface area contributed by atoms with E-state index in [9.17, 15) is 0 Å². The van der Waals surface area contributed by atoms with Gasteiger partial charge in [0.15, 0.2) is 0 Å². The number of aryl methyl sites for hydroxylation is 1. The van der Waals surface area contributed by atoms with E-state index >= 15 is 0 Å². The maximum atomic E-state index is 9.16. The Morgan fingerprint density at radius 3 is 2.42 bits per heavy atom. The van der Waals surface area contributed by atoms with Gasteiger partial charge in [-0.05, 0) is 29.1 Å². The Morgan fingerprint density at radius 2 is 1.79 bits per heavy atom. The van der Waals surface area contributed by atoms with Gasteiger partial charge in [0.05, 0.1) is 0 Å². The van der Waals surface area contributed by atoms with Gasteiger partial charge in [-0.3, -0.25) is 0 Å². The molecule has 19 heavy (non-hydrogen) atoms. The van der Waals surface area contributed by atoms with E-state index in [0.717, 1.165) is 23.3 Å². The van der Waals surface area contributed by atoms with Gasteiger partial charge in [-0.2, -0.15) is 0 Å². The first-order valence-corrected chi connectivity index (χ1v) is 6.36. The van der Waals surface area contributed by atoms with E-state index < -0.39 is 7.12 Å². The summed E-state index contributed by atoms with van der Waals surface area (Å²) >= 11 is 0. The summed E-state index contributed by atoms with van der Waals surface area (Å²) in [6, 6.07) is 15.2. The van der Waals surface area contributed by atoms with Crippen molar-refractivity contribution in [3.05, 3.63) is 59.7 Å². The molecule has 0 saturated heterocycles. The average Bonchev–Trinajstić information content (AvgIpc) is 2.45. The van der Waals surface area contributed by atoms with Gasteiger partial charge in [0.1, 0.15) is 12.4 Å². The van der Waals surface area contributed by atoms with Crippen molar-refractivity contribution in [2.75, 3.05) is 0 Å². The van der Waals surface area contributed by atoms with E-state index in [4.69, 9.17) is 14.8 Å². The first-order chi connectivity index (χ1) is 9.20. The van der Waals surface area contributed by atoms with Crippen LogP contribution in [0.1, 0.15) is 18.1 Å². The zero-order valence-corrected chi connectivity index (χ0v) is 10.9. The van der Waals surface area contributed by atoms with Gasteiger partial charge in [-0.25, -0.2) is 0 Å². The quantitative estimate of drug-likeness (QED) is 0.797. The fourth-order valence-corrected chi connectivity index (χ4v) is 1.91. The molecule has 0 radical (unpaired) electrons. The van der Waals surface area contributed by atoms with Crippen LogP contribution in [-0.2, 0) is 13.0 Å². The van der Waals surface area contributed by atoms with Crippen LogP contribution in [0.5, 0.6) is 5.75 Å². The van der Waals surface area contributed by atoms with E-state index in [2.05, 4.69) is 0 Å². The second-order valence-corrected chi connectivity index (χ2v) is 4.37. The minimum Gasteiger partial charge on any atom is -0.489 e. The Bertz CT molecular complexity index is 526. The van der Waals surface area contributed by atoms with Crippen molar-refractivity contribution in [3.8, 4) is 5.75 Å². The summed E-state index contributed by atoms with van der Waals surface area (Å²) in [6.07, 6.45) is 0.782. The average molecular weight is 256 g/mol. The molecule has 0 aliphatic rings. The highest BCUT2D eigenvalue weighted by Gasteiger charge is 2.13. The maximum Gasteiger partial charge on any atom is 0.488 e. The van der Waals surface area contributed by atoms with Crippen LogP contribution in [0.15, 0.2) is 48.5 Å². The van der Waals surface area contributed by atoms with Gasteiger partial charge in [0.2, 0.25) is 0 Å². The summed E-state index contributed by atoms with van der Waals surface area (Å²) in [6.45, 7) is 2.52. The molecule has 0 aliphatic heterocycles. The molecule has 0 saturated carbocycles. The lowest BCUT2D eigenvalue weighted by molar-refractivity contribution is 0.303. The molecule has 0 unspecified atom stereocenters. The van der Waals surface area contributed by atoms with Gasteiger partial charge in [0.25, 0.3) is 0 Å². The second kappa shape index (κ2) is 6.41. The standard InChI is InChI=1S/C15H17BO3/c1-2-13-10-14(16(17)18)8-9-15(13)19-11-12-6-4-3-5-7-12/h3-10,17-18H,2,11H2,1H3. The molecule has 98 valence electrons. The van der Waals surface area contributed by atoms with Gasteiger partial charge < -0.3 is 14.8 Å². The Kier molecular flexibility index (Phi) is 4.60. The highest BCUT2D eigenvalue weighted by molar-refractivity contribution is 6.58. The number of hydrogen-bond acceptors (Lipinski definition) is 3. The first-order valence-electron chi connectivity index (χ1n) is 6.36. The van der Waals surface area contributed by atoms with Gasteiger partial charge in [-0.15, -0.1) is 0 Å². The SMILES string of the molecule is CCc1cc(B(O)O)ccc1OCc1ccccc1. The molecular formula is C15H17BO3. The number of ether oxygens (including phenoxy) is 1. The molecule has 0 spiro atoms. The maximum absolute atomic E-state index is 9.16. The zero-order chi connectivity index (χ0) is 13.7. The van der Waals surface area contributed by atoms with E-state index in [-0.39, 0.29) is 0 Å². The van der Waals surface area contributed by atoms with Gasteiger partial charge >= 0.3 is 7.12 Å². The Labute approximate surface area is 113 Å². The fraction of sp³-hybridized carbons (Fsp3) is 0.200. The molecule has 0 heterocycles. The van der Waals surface area contributed by atoms with Gasteiger partial charge in [-0.1, -0.05) is 49.4 Å². The second-order valence-electron chi connectivity index (χ2n) is 4.37. The van der Waals surface area contributed by atoms with Crippen molar-refractivity contribution in [1.82, 2.24) is 0 Å². The van der Waals surface area contributed by atoms with Crippen molar-refractivity contribution in [1.29, 1.82) is 0 Å². The van der Waals surface area contributed by atoms with Crippen molar-refractivity contribution in [2.45, 2.75) is 20.0 Å². The number of rotatable bonds is 5. The predicted octanol–water partition coefficient (Wildman–Crippen LogP) is 1.51. The van der Waals surface area contributed by atoms with E-state index in [1.807, 2.05) is 37.3 Å². The predicted molar refractivity (Wildman–Crippen MR) is 76.4 cm³/mol. The van der Waals surface area contributed by atoms with Gasteiger partial charge in [0, 0.05) is 0 Å². The molecule has 3 nitrogen and oxygen atoms in total. The smallest absolute Gasteiger partial charge is 0.488 e. The lowest BCUT2D eigenvalue weighted by Crippen LogP contribution is -2.30. The van der Waals surface area contributed by atoms with Crippen LogP contribution in [0.4, 0.5) is 0 Å². The third-order valence-corrected chi connectivity index (χ3v) is 3.00. The third kappa shape index (κ3) is 3.59. The van der Waals surface area contributed by atoms with Crippen LogP contribution in [0.2, 0.25) is 0 Å². The van der Waals surface area contributed by atoms with E-state index in [1.54, 1.807) is 18.2 Å². The van der Waals surface area contributed by atoms with E-state index in [1.165, 1.54) is 0 Å². The summed E-state index contributed by atoms with van der Waals surface area (Å²) < 4.78 is 5.79. The monoisotopic (exact) mass is 256 g/mol. The van der Waals surface area contributed by atoms with Crippen LogP contribution in [0.3, 0.4) is 0 Å². The molecule has 0 aromatic heterocycles. The lowest BCUT2D eigenvalue weighted by atomic mass is 9.79. The van der Waals surface area contributed by atoms with Crippen molar-refractivity contribution < 1.29 is 14.8 Å². The molecule has 4 heteroatoms. The van der Waals surface area contributed by atoms with Crippen LogP contribution in [-0.4, -0.2) is 17.2 Å². The first kappa shape index (κ1) is 13.7. The molecular weight excluding hydrogens is 239 g/mol. The Morgan fingerprint density at radius 1 is 1.05 bits per heavy atom. The molecule has 0 atom stereocenters. The van der Waals surface area contributed by atoms with E-state index in [0.29, 0.717) is 12.1 Å².